The smallest absolute Gasteiger partial charge is 0.220 e. The molecule has 6 N–H and O–H groups in total. The van der Waals surface area contributed by atoms with E-state index < -0.39 is 49.5 Å². The number of carbonyl (C=O) groups is 1. The summed E-state index contributed by atoms with van der Waals surface area (Å²) in [5, 5.41) is 54.2. The van der Waals surface area contributed by atoms with Crippen molar-refractivity contribution in [2.75, 3.05) is 13.2 Å². The number of allylic oxidation sites excluding steroid dienone is 3. The Morgan fingerprint density at radius 1 is 0.559 bits per heavy atom. The molecule has 1 aliphatic heterocycles. The highest BCUT2D eigenvalue weighted by Gasteiger charge is 2.44. The van der Waals surface area contributed by atoms with Crippen LogP contribution in [0.1, 0.15) is 232 Å². The van der Waals surface area contributed by atoms with E-state index in [4.69, 9.17) is 9.47 Å². The molecule has 9 heteroatoms. The molecular formula is C50H95NO8. The van der Waals surface area contributed by atoms with Crippen molar-refractivity contribution in [2.45, 2.75) is 275 Å². The Bertz CT molecular complexity index is 977. The second-order valence-electron chi connectivity index (χ2n) is 17.6. The average molecular weight is 838 g/mol. The van der Waals surface area contributed by atoms with Gasteiger partial charge >= 0.3 is 0 Å². The van der Waals surface area contributed by atoms with E-state index in [1.165, 1.54) is 173 Å². The number of nitrogens with one attached hydrogen (secondary N) is 1. The third kappa shape index (κ3) is 31.2. The van der Waals surface area contributed by atoms with Crippen molar-refractivity contribution in [3.8, 4) is 0 Å². The first-order valence-electron chi connectivity index (χ1n) is 25.1. The molecule has 59 heavy (non-hydrogen) atoms. The summed E-state index contributed by atoms with van der Waals surface area (Å²) in [6, 6.07) is -0.803. The van der Waals surface area contributed by atoms with Crippen LogP contribution in [0.4, 0.5) is 0 Å². The highest BCUT2D eigenvalue weighted by molar-refractivity contribution is 5.76. The lowest BCUT2D eigenvalue weighted by atomic mass is 9.99. The van der Waals surface area contributed by atoms with Gasteiger partial charge in [-0.1, -0.05) is 205 Å². The number of ether oxygens (including phenoxy) is 2. The van der Waals surface area contributed by atoms with Crippen LogP contribution in [0.15, 0.2) is 24.3 Å². The second kappa shape index (κ2) is 40.7. The molecule has 7 unspecified atom stereocenters. The molecule has 0 saturated carbocycles. The largest absolute Gasteiger partial charge is 0.394 e. The second-order valence-corrected chi connectivity index (χ2v) is 17.6. The lowest BCUT2D eigenvalue weighted by Crippen LogP contribution is -2.60. The minimum atomic E-state index is -1.56. The summed E-state index contributed by atoms with van der Waals surface area (Å²) in [6.45, 7) is 3.77. The van der Waals surface area contributed by atoms with E-state index in [0.29, 0.717) is 6.42 Å². The first-order chi connectivity index (χ1) is 28.8. The number of amides is 1. The standard InChI is InChI=1S/C50H95NO8/c1-3-5-7-9-11-13-15-17-18-19-20-21-22-23-24-25-26-27-28-30-32-34-36-38-40-46(54)51-43(42-58-50-49(57)48(56)47(55)45(41-52)59-50)44(53)39-37-35-33-31-29-16-14-12-10-8-6-4-2/h23-24,37,39,43-45,47-50,52-53,55-57H,3-22,25-36,38,40-42H2,1-2H3,(H,51,54)/b24-23-,39-37+. The zero-order chi connectivity index (χ0) is 43.0. The van der Waals surface area contributed by atoms with E-state index in [-0.39, 0.29) is 12.5 Å². The van der Waals surface area contributed by atoms with Crippen LogP contribution in [0.25, 0.3) is 0 Å². The fraction of sp³-hybridized carbons (Fsp3) is 0.900. The lowest BCUT2D eigenvalue weighted by Gasteiger charge is -2.40. The van der Waals surface area contributed by atoms with E-state index in [2.05, 4.69) is 31.3 Å². The normalized spacial score (nSPS) is 20.8. The first-order valence-corrected chi connectivity index (χ1v) is 25.1. The number of hydrogen-bond donors (Lipinski definition) is 6. The Balaban J connectivity index is 2.24. The van der Waals surface area contributed by atoms with Gasteiger partial charge in [-0.25, -0.2) is 0 Å². The van der Waals surface area contributed by atoms with Crippen molar-refractivity contribution in [3.05, 3.63) is 24.3 Å². The van der Waals surface area contributed by atoms with E-state index in [1.807, 2.05) is 6.08 Å². The highest BCUT2D eigenvalue weighted by Crippen LogP contribution is 2.23. The van der Waals surface area contributed by atoms with Gasteiger partial charge in [-0.2, -0.15) is 0 Å². The predicted octanol–water partition coefficient (Wildman–Crippen LogP) is 11.1. The Morgan fingerprint density at radius 3 is 1.37 bits per heavy atom. The molecule has 1 rings (SSSR count). The zero-order valence-electron chi connectivity index (χ0n) is 38.3. The molecule has 0 radical (unpaired) electrons. The molecule has 0 aromatic rings. The number of rotatable bonds is 42. The maximum atomic E-state index is 13.0. The summed E-state index contributed by atoms with van der Waals surface area (Å²) < 4.78 is 11.2. The summed E-state index contributed by atoms with van der Waals surface area (Å²) in [4.78, 5) is 13.0. The maximum Gasteiger partial charge on any atom is 0.220 e. The molecule has 0 bridgehead atoms. The molecule has 0 aromatic carbocycles. The number of carbonyl (C=O) groups excluding carboxylic acids is 1. The maximum absolute atomic E-state index is 13.0. The van der Waals surface area contributed by atoms with Gasteiger partial charge in [0.05, 0.1) is 25.4 Å². The van der Waals surface area contributed by atoms with Crippen LogP contribution in [-0.4, -0.2) is 87.5 Å². The van der Waals surface area contributed by atoms with Crippen LogP contribution < -0.4 is 5.32 Å². The van der Waals surface area contributed by atoms with Crippen LogP contribution in [0.3, 0.4) is 0 Å². The van der Waals surface area contributed by atoms with Crippen molar-refractivity contribution in [1.82, 2.24) is 5.32 Å². The molecule has 0 aromatic heterocycles. The van der Waals surface area contributed by atoms with Crippen molar-refractivity contribution < 1.29 is 39.8 Å². The van der Waals surface area contributed by atoms with E-state index in [1.54, 1.807) is 6.08 Å². The van der Waals surface area contributed by atoms with Gasteiger partial charge in [0.2, 0.25) is 5.91 Å². The molecule has 1 saturated heterocycles. The third-order valence-corrected chi connectivity index (χ3v) is 12.0. The molecule has 1 heterocycles. The third-order valence-electron chi connectivity index (χ3n) is 12.0. The van der Waals surface area contributed by atoms with Gasteiger partial charge in [-0.15, -0.1) is 0 Å². The Hall–Kier alpha value is -1.33. The quantitative estimate of drug-likeness (QED) is 0.0263. The molecular weight excluding hydrogens is 743 g/mol. The Morgan fingerprint density at radius 2 is 0.949 bits per heavy atom. The summed E-state index contributed by atoms with van der Waals surface area (Å²) >= 11 is 0. The van der Waals surface area contributed by atoms with Gasteiger partial charge in [-0.3, -0.25) is 4.79 Å². The molecule has 9 nitrogen and oxygen atoms in total. The van der Waals surface area contributed by atoms with E-state index >= 15 is 0 Å². The van der Waals surface area contributed by atoms with Gasteiger partial charge in [0.15, 0.2) is 6.29 Å². The van der Waals surface area contributed by atoms with Crippen LogP contribution in [0, 0.1) is 0 Å². The molecule has 0 spiro atoms. The number of hydrogen-bond acceptors (Lipinski definition) is 8. The molecule has 1 fully saturated rings. The fourth-order valence-electron chi connectivity index (χ4n) is 7.97. The van der Waals surface area contributed by atoms with Crippen LogP contribution >= 0.6 is 0 Å². The lowest BCUT2D eigenvalue weighted by molar-refractivity contribution is -0.302. The minimum absolute atomic E-state index is 0.179. The number of unbranched alkanes of at least 4 members (excludes halogenated alkanes) is 30. The van der Waals surface area contributed by atoms with Gasteiger partial charge in [-0.05, 0) is 44.9 Å². The van der Waals surface area contributed by atoms with Gasteiger partial charge in [0.25, 0.3) is 0 Å². The molecule has 0 aliphatic carbocycles. The fourth-order valence-corrected chi connectivity index (χ4v) is 7.97. The average Bonchev–Trinajstić information content (AvgIpc) is 3.23. The Labute approximate surface area is 362 Å². The molecule has 7 atom stereocenters. The SMILES string of the molecule is CCCCCCCCCCCC/C=C/C(O)C(COC1OC(CO)C(O)C(O)C1O)NC(=O)CCCCCCCCCC/C=C\CCCCCCCCCCCCCC. The van der Waals surface area contributed by atoms with E-state index in [9.17, 15) is 30.3 Å². The molecule has 348 valence electrons. The van der Waals surface area contributed by atoms with Crippen molar-refractivity contribution >= 4 is 5.91 Å². The molecule has 1 amide bonds. The van der Waals surface area contributed by atoms with Gasteiger partial charge in [0, 0.05) is 6.42 Å². The van der Waals surface area contributed by atoms with Crippen LogP contribution in [0.2, 0.25) is 0 Å². The van der Waals surface area contributed by atoms with Crippen molar-refractivity contribution in [3.63, 3.8) is 0 Å². The van der Waals surface area contributed by atoms with Gasteiger partial charge < -0.3 is 40.3 Å². The first kappa shape index (κ1) is 55.7. The van der Waals surface area contributed by atoms with E-state index in [0.717, 1.165) is 38.5 Å². The van der Waals surface area contributed by atoms with Crippen molar-refractivity contribution in [1.29, 1.82) is 0 Å². The van der Waals surface area contributed by atoms with Gasteiger partial charge in [0.1, 0.15) is 24.4 Å². The summed E-state index contributed by atoms with van der Waals surface area (Å²) in [6.07, 6.45) is 42.3. The number of aliphatic hydroxyl groups excluding tert-OH is 5. The minimum Gasteiger partial charge on any atom is -0.394 e. The monoisotopic (exact) mass is 838 g/mol. The van der Waals surface area contributed by atoms with Crippen LogP contribution in [-0.2, 0) is 14.3 Å². The number of aliphatic hydroxyl groups is 5. The topological polar surface area (TPSA) is 149 Å². The van der Waals surface area contributed by atoms with Crippen LogP contribution in [0.5, 0.6) is 0 Å². The predicted molar refractivity (Wildman–Crippen MR) is 244 cm³/mol. The summed E-state index contributed by atoms with van der Waals surface area (Å²) in [7, 11) is 0. The summed E-state index contributed by atoms with van der Waals surface area (Å²) in [5.41, 5.74) is 0. The highest BCUT2D eigenvalue weighted by atomic mass is 16.7. The zero-order valence-corrected chi connectivity index (χ0v) is 38.3. The molecule has 1 aliphatic rings. The summed E-state index contributed by atoms with van der Waals surface area (Å²) in [5.74, 6) is -0.179. The van der Waals surface area contributed by atoms with Crippen molar-refractivity contribution in [2.24, 2.45) is 0 Å². The Kier molecular flexibility index (Phi) is 38.4.